The highest BCUT2D eigenvalue weighted by atomic mass is 16.4. The predicted molar refractivity (Wildman–Crippen MR) is 60.1 cm³/mol. The summed E-state index contributed by atoms with van der Waals surface area (Å²) in [5.41, 5.74) is 0. The molecular weight excluding hydrogens is 224 g/mol. The third kappa shape index (κ3) is 3.90. The number of piperidine rings is 1. The van der Waals surface area contributed by atoms with Gasteiger partial charge in [0.05, 0.1) is 5.92 Å². The van der Waals surface area contributed by atoms with Crippen LogP contribution in [0.2, 0.25) is 0 Å². The number of nitrogens with zero attached hydrogens (tertiary/aromatic N) is 1. The van der Waals surface area contributed by atoms with Gasteiger partial charge in [-0.05, 0) is 12.8 Å². The number of rotatable bonds is 3. The number of aliphatic carboxylic acids is 1. The molecule has 1 fully saturated rings. The summed E-state index contributed by atoms with van der Waals surface area (Å²) in [6, 6.07) is 0. The van der Waals surface area contributed by atoms with Crippen molar-refractivity contribution in [3.63, 3.8) is 0 Å². The quantitative estimate of drug-likeness (QED) is 0.658. The van der Waals surface area contributed by atoms with Gasteiger partial charge in [-0.2, -0.15) is 0 Å². The third-order valence-corrected chi connectivity index (χ3v) is 2.72. The van der Waals surface area contributed by atoms with Crippen LogP contribution in [-0.2, 0) is 14.4 Å². The summed E-state index contributed by atoms with van der Waals surface area (Å²) in [5, 5.41) is 11.0. The largest absolute Gasteiger partial charge is 0.478 e. The molecule has 0 aliphatic carbocycles. The zero-order valence-electron chi connectivity index (χ0n) is 9.68. The molecule has 6 nitrogen and oxygen atoms in total. The molecule has 1 unspecified atom stereocenters. The number of carbonyl (C=O) groups is 3. The summed E-state index contributed by atoms with van der Waals surface area (Å²) >= 11 is 0. The van der Waals surface area contributed by atoms with E-state index in [2.05, 4.69) is 5.32 Å². The van der Waals surface area contributed by atoms with Crippen LogP contribution in [0, 0.1) is 5.92 Å². The molecule has 1 saturated heterocycles. The molecule has 0 aromatic carbocycles. The van der Waals surface area contributed by atoms with Crippen molar-refractivity contribution in [2.45, 2.75) is 12.8 Å². The fourth-order valence-corrected chi connectivity index (χ4v) is 1.84. The molecule has 0 aromatic rings. The van der Waals surface area contributed by atoms with Gasteiger partial charge in [-0.3, -0.25) is 9.59 Å². The van der Waals surface area contributed by atoms with Gasteiger partial charge in [0.25, 0.3) is 0 Å². The molecule has 1 heterocycles. The van der Waals surface area contributed by atoms with Crippen molar-refractivity contribution in [1.29, 1.82) is 0 Å². The first-order chi connectivity index (χ1) is 8.04. The molecule has 0 spiro atoms. The van der Waals surface area contributed by atoms with E-state index in [0.29, 0.717) is 13.1 Å². The average Bonchev–Trinajstić information content (AvgIpc) is 2.35. The van der Waals surface area contributed by atoms with E-state index in [1.54, 1.807) is 7.05 Å². The molecule has 0 aromatic heterocycles. The standard InChI is InChI=1S/C11H16N2O4/c1-12-11(17)8-3-2-6-13(7-8)9(14)4-5-10(15)16/h4-5,8H,2-3,6-7H2,1H3,(H,12,17)(H,15,16)/b5-4+. The highest BCUT2D eigenvalue weighted by Crippen LogP contribution is 2.16. The second-order valence-electron chi connectivity index (χ2n) is 3.91. The van der Waals surface area contributed by atoms with Gasteiger partial charge in [0.1, 0.15) is 0 Å². The number of nitrogens with one attached hydrogen (secondary N) is 1. The zero-order valence-corrected chi connectivity index (χ0v) is 9.68. The molecule has 6 heteroatoms. The van der Waals surface area contributed by atoms with Crippen molar-refractivity contribution in [3.05, 3.63) is 12.2 Å². The lowest BCUT2D eigenvalue weighted by Gasteiger charge is -2.31. The second-order valence-corrected chi connectivity index (χ2v) is 3.91. The monoisotopic (exact) mass is 240 g/mol. The minimum atomic E-state index is -1.15. The highest BCUT2D eigenvalue weighted by Gasteiger charge is 2.26. The Bertz CT molecular complexity index is 351. The van der Waals surface area contributed by atoms with Gasteiger partial charge in [-0.25, -0.2) is 4.79 Å². The maximum atomic E-state index is 11.6. The smallest absolute Gasteiger partial charge is 0.328 e. The van der Waals surface area contributed by atoms with E-state index in [4.69, 9.17) is 5.11 Å². The summed E-state index contributed by atoms with van der Waals surface area (Å²) in [6.45, 7) is 0.915. The number of carboxylic acid groups (broad SMARTS) is 1. The van der Waals surface area contributed by atoms with E-state index in [9.17, 15) is 14.4 Å². The Morgan fingerprint density at radius 3 is 2.65 bits per heavy atom. The second kappa shape index (κ2) is 6.03. The van der Waals surface area contributed by atoms with Crippen molar-refractivity contribution < 1.29 is 19.5 Å². The maximum Gasteiger partial charge on any atom is 0.328 e. The highest BCUT2D eigenvalue weighted by molar-refractivity contribution is 5.94. The molecule has 1 rings (SSSR count). The molecule has 1 atom stereocenters. The zero-order chi connectivity index (χ0) is 12.8. The van der Waals surface area contributed by atoms with E-state index in [1.165, 1.54) is 4.90 Å². The first kappa shape index (κ1) is 13.2. The number of hydrogen-bond donors (Lipinski definition) is 2. The Labute approximate surface area is 99.3 Å². The number of carboxylic acids is 1. The fraction of sp³-hybridized carbons (Fsp3) is 0.545. The van der Waals surface area contributed by atoms with Crippen LogP contribution in [0.4, 0.5) is 0 Å². The molecule has 94 valence electrons. The molecule has 0 bridgehead atoms. The van der Waals surface area contributed by atoms with Gasteiger partial charge in [-0.1, -0.05) is 0 Å². The molecule has 1 aliphatic heterocycles. The van der Waals surface area contributed by atoms with Gasteiger partial charge in [0, 0.05) is 32.3 Å². The van der Waals surface area contributed by atoms with Gasteiger partial charge >= 0.3 is 5.97 Å². The van der Waals surface area contributed by atoms with E-state index >= 15 is 0 Å². The minimum absolute atomic E-state index is 0.0790. The summed E-state index contributed by atoms with van der Waals surface area (Å²) < 4.78 is 0. The number of amides is 2. The lowest BCUT2D eigenvalue weighted by molar-refractivity contribution is -0.134. The summed E-state index contributed by atoms with van der Waals surface area (Å²) in [6.07, 6.45) is 3.34. The van der Waals surface area contributed by atoms with Crippen molar-refractivity contribution in [2.24, 2.45) is 5.92 Å². The van der Waals surface area contributed by atoms with Gasteiger partial charge < -0.3 is 15.3 Å². The first-order valence-electron chi connectivity index (χ1n) is 5.46. The minimum Gasteiger partial charge on any atom is -0.478 e. The average molecular weight is 240 g/mol. The topological polar surface area (TPSA) is 86.7 Å². The Kier molecular flexibility index (Phi) is 4.68. The molecule has 2 N–H and O–H groups in total. The van der Waals surface area contributed by atoms with E-state index in [0.717, 1.165) is 25.0 Å². The molecule has 0 saturated carbocycles. The number of hydrogen-bond acceptors (Lipinski definition) is 3. The van der Waals surface area contributed by atoms with Gasteiger partial charge in [-0.15, -0.1) is 0 Å². The molecule has 1 aliphatic rings. The Morgan fingerprint density at radius 2 is 2.06 bits per heavy atom. The van der Waals surface area contributed by atoms with Crippen molar-refractivity contribution >= 4 is 17.8 Å². The van der Waals surface area contributed by atoms with Crippen LogP contribution >= 0.6 is 0 Å². The van der Waals surface area contributed by atoms with Crippen molar-refractivity contribution in [2.75, 3.05) is 20.1 Å². The predicted octanol–water partition coefficient (Wildman–Crippen LogP) is -0.388. The third-order valence-electron chi connectivity index (χ3n) is 2.72. The maximum absolute atomic E-state index is 11.6. The molecule has 17 heavy (non-hydrogen) atoms. The lowest BCUT2D eigenvalue weighted by Crippen LogP contribution is -2.44. The van der Waals surface area contributed by atoms with Crippen LogP contribution < -0.4 is 5.32 Å². The molecule has 2 amide bonds. The van der Waals surface area contributed by atoms with Crippen LogP contribution in [0.3, 0.4) is 0 Å². The first-order valence-corrected chi connectivity index (χ1v) is 5.46. The van der Waals surface area contributed by atoms with Crippen molar-refractivity contribution in [3.8, 4) is 0 Å². The SMILES string of the molecule is CNC(=O)C1CCCN(C(=O)/C=C/C(=O)O)C1. The van der Waals surface area contributed by atoms with Crippen LogP contribution in [-0.4, -0.2) is 47.9 Å². The lowest BCUT2D eigenvalue weighted by atomic mass is 9.97. The van der Waals surface area contributed by atoms with E-state index in [1.807, 2.05) is 0 Å². The van der Waals surface area contributed by atoms with Crippen LogP contribution in [0.1, 0.15) is 12.8 Å². The molecular formula is C11H16N2O4. The Balaban J connectivity index is 2.57. The summed E-state index contributed by atoms with van der Waals surface area (Å²) in [5.74, 6) is -1.79. The Morgan fingerprint density at radius 1 is 1.35 bits per heavy atom. The van der Waals surface area contributed by atoms with Crippen LogP contribution in [0.5, 0.6) is 0 Å². The number of likely N-dealkylation sites (tertiary alicyclic amines) is 1. The normalized spacial score (nSPS) is 20.3. The molecule has 0 radical (unpaired) electrons. The van der Waals surface area contributed by atoms with Gasteiger partial charge in [0.2, 0.25) is 11.8 Å². The summed E-state index contributed by atoms with van der Waals surface area (Å²) in [4.78, 5) is 34.8. The number of carbonyl (C=O) groups excluding carboxylic acids is 2. The van der Waals surface area contributed by atoms with Gasteiger partial charge in [0.15, 0.2) is 0 Å². The van der Waals surface area contributed by atoms with E-state index in [-0.39, 0.29) is 17.7 Å². The van der Waals surface area contributed by atoms with Crippen molar-refractivity contribution in [1.82, 2.24) is 10.2 Å². The Hall–Kier alpha value is -1.85. The van der Waals surface area contributed by atoms with E-state index < -0.39 is 5.97 Å². The van der Waals surface area contributed by atoms with Crippen LogP contribution in [0.25, 0.3) is 0 Å². The fourth-order valence-electron chi connectivity index (χ4n) is 1.84. The van der Waals surface area contributed by atoms with Crippen LogP contribution in [0.15, 0.2) is 12.2 Å². The summed E-state index contributed by atoms with van der Waals surface area (Å²) in [7, 11) is 1.56.